The molecular formula is C115H99B2BrLiN3O5. The normalized spacial score (nSPS) is 16.1. The summed E-state index contributed by atoms with van der Waals surface area (Å²) in [7, 11) is -0.931. The van der Waals surface area contributed by atoms with Gasteiger partial charge in [-0.1, -0.05) is 381 Å². The standard InChI is InChI=1S/C46H29N3.C31H27BO2.C25H15Br.C9H19BO3.C4H9.Li/c1-3-14-30(15-4-1)31-26-28-33(29-27-31)44-47-43(32-16-5-2-6-17-32)48-45(49-44)37-21-13-25-41-42(37)36-20-9-12-24-40(36)46(41)38-22-10-7-18-34(38)35-19-8-11-23-39(35)46;1-29(2)30(3,4)34-32(33-29)27-19-11-18-26-28(27)22-14-7-10-17-25(22)31(26)23-15-8-5-12-20(23)21-13-6-9-16-24(21)31;26-23-15-7-14-22-24(23)18-10-3-6-13-21(18)25(22)19-11-4-1-8-16(19)17-9-2-5-12-20(17)25;1-7(2)11-10-12-8(3,4)9(5,6)13-10;1-3-4-2;/h1-29H;5-19H,1-4H3;1-15H;7H,1-6H3;1,3-4H2,2H3;/q;;;;-1;+1. The van der Waals surface area contributed by atoms with E-state index in [2.05, 4.69) is 391 Å². The molecule has 12 heteroatoms. The summed E-state index contributed by atoms with van der Waals surface area (Å²) in [6.07, 6.45) is 2.40. The molecule has 0 amide bonds. The van der Waals surface area contributed by atoms with E-state index in [0.29, 0.717) is 17.5 Å². The Hall–Kier alpha value is -11.7. The number of fused-ring (bicyclic) bond motifs is 30. The molecule has 6 aliphatic carbocycles. The van der Waals surface area contributed by atoms with Crippen LogP contribution >= 0.6 is 15.9 Å². The van der Waals surface area contributed by atoms with Crippen LogP contribution in [0.5, 0.6) is 0 Å². The summed E-state index contributed by atoms with van der Waals surface area (Å²) in [6, 6.07) is 129. The van der Waals surface area contributed by atoms with Crippen molar-refractivity contribution in [1.82, 2.24) is 15.0 Å². The fourth-order valence-corrected chi connectivity index (χ4v) is 21.2. The van der Waals surface area contributed by atoms with E-state index in [1.165, 1.54) is 150 Å². The maximum atomic E-state index is 6.56. The number of halogens is 1. The van der Waals surface area contributed by atoms with E-state index in [1.54, 1.807) is 0 Å². The quantitative estimate of drug-likeness (QED) is 0.110. The molecule has 16 aromatic rings. The van der Waals surface area contributed by atoms with Crippen LogP contribution in [0.2, 0.25) is 0 Å². The van der Waals surface area contributed by atoms with Crippen molar-refractivity contribution in [3.05, 3.63) is 436 Å². The van der Waals surface area contributed by atoms with Crippen LogP contribution in [-0.2, 0) is 39.5 Å². The zero-order valence-electron chi connectivity index (χ0n) is 74.2. The third-order valence-corrected chi connectivity index (χ3v) is 28.3. The van der Waals surface area contributed by atoms with E-state index in [-0.39, 0.29) is 58.2 Å². The predicted molar refractivity (Wildman–Crippen MR) is 519 cm³/mol. The van der Waals surface area contributed by atoms with Crippen LogP contribution in [0.1, 0.15) is 156 Å². The number of rotatable bonds is 8. The molecule has 3 heterocycles. The summed E-state index contributed by atoms with van der Waals surface area (Å²) in [6.45, 7) is 26.2. The zero-order chi connectivity index (χ0) is 86.7. The average molecular weight is 1710 g/mol. The van der Waals surface area contributed by atoms with Gasteiger partial charge in [0.2, 0.25) is 0 Å². The Morgan fingerprint density at radius 3 is 0.937 bits per heavy atom. The van der Waals surface area contributed by atoms with Crippen LogP contribution in [0.3, 0.4) is 0 Å². The minimum absolute atomic E-state index is 0. The van der Waals surface area contributed by atoms with Gasteiger partial charge in [0.1, 0.15) is 0 Å². The van der Waals surface area contributed by atoms with Gasteiger partial charge in [0.15, 0.2) is 17.5 Å². The number of hydrogen-bond donors (Lipinski definition) is 0. The molecule has 8 aliphatic rings. The van der Waals surface area contributed by atoms with Crippen LogP contribution in [0, 0.1) is 6.92 Å². The Morgan fingerprint density at radius 2 is 0.551 bits per heavy atom. The van der Waals surface area contributed by atoms with Crippen molar-refractivity contribution >= 4 is 35.8 Å². The summed E-state index contributed by atoms with van der Waals surface area (Å²) in [4.78, 5) is 15.5. The molecule has 15 aromatic carbocycles. The van der Waals surface area contributed by atoms with Crippen molar-refractivity contribution in [3.8, 4) is 112 Å². The summed E-state index contributed by atoms with van der Waals surface area (Å²) in [5, 5.41) is 0. The van der Waals surface area contributed by atoms with Gasteiger partial charge in [0.25, 0.3) is 0 Å². The SMILES string of the molecule is Brc1cccc2c1-c1ccccc1C21c2ccccc2-c2ccccc21.CC(C)OB1OC(C)(C)C(C)(C)O1.CC1(C)OB(c2cccc3c2-c2ccccc2C32c3ccccc3-c3ccccc32)OC1(C)C.[CH2-]CCC.[Li+].c1ccc(-c2ccc(-c3nc(-c4ccccc4)nc(-c4cccc5c4-c4ccccc4C54c5ccccc5-c5ccccc54)n3)cc2)cc1. The van der Waals surface area contributed by atoms with Gasteiger partial charge in [0, 0.05) is 32.8 Å². The van der Waals surface area contributed by atoms with Crippen molar-refractivity contribution in [3.63, 3.8) is 0 Å². The molecule has 127 heavy (non-hydrogen) atoms. The molecule has 0 saturated carbocycles. The molecule has 3 spiro atoms. The minimum Gasteiger partial charge on any atom is -0.399 e. The molecule has 8 nitrogen and oxygen atoms in total. The molecule has 0 radical (unpaired) electrons. The molecule has 618 valence electrons. The summed E-state index contributed by atoms with van der Waals surface area (Å²) in [5.41, 5.74) is 35.6. The number of unbranched alkanes of at least 4 members (excludes halogenated alkanes) is 1. The molecule has 0 N–H and O–H groups in total. The topological polar surface area (TPSA) is 84.8 Å². The fraction of sp³-hybridized carbons (Fsp3) is 0.183. The maximum Gasteiger partial charge on any atom is 1.00 e. The summed E-state index contributed by atoms with van der Waals surface area (Å²) in [5.74, 6) is 1.97. The van der Waals surface area contributed by atoms with E-state index in [0.717, 1.165) is 34.1 Å². The largest absolute Gasteiger partial charge is 1.00 e. The molecule has 2 saturated heterocycles. The average Bonchev–Trinajstić information content (AvgIpc) is 1.52. The summed E-state index contributed by atoms with van der Waals surface area (Å²) < 4.78 is 31.0. The van der Waals surface area contributed by atoms with Gasteiger partial charge >= 0.3 is 33.3 Å². The maximum absolute atomic E-state index is 6.56. The number of benzene rings is 15. The van der Waals surface area contributed by atoms with E-state index in [1.807, 2.05) is 65.8 Å². The first-order chi connectivity index (χ1) is 61.2. The first-order valence-electron chi connectivity index (χ1n) is 44.2. The van der Waals surface area contributed by atoms with Gasteiger partial charge in [-0.05, 0) is 220 Å². The van der Waals surface area contributed by atoms with Crippen molar-refractivity contribution in [2.45, 2.75) is 134 Å². The number of hydrogen-bond acceptors (Lipinski definition) is 8. The fourth-order valence-electron chi connectivity index (χ4n) is 20.6. The third-order valence-electron chi connectivity index (χ3n) is 27.7. The predicted octanol–water partition coefficient (Wildman–Crippen LogP) is 24.6. The van der Waals surface area contributed by atoms with Gasteiger partial charge < -0.3 is 30.2 Å². The smallest absolute Gasteiger partial charge is 0.399 e. The second kappa shape index (κ2) is 33.2. The molecule has 1 aromatic heterocycles. The van der Waals surface area contributed by atoms with Crippen LogP contribution in [0.4, 0.5) is 0 Å². The zero-order valence-corrected chi connectivity index (χ0v) is 75.8. The van der Waals surface area contributed by atoms with Gasteiger partial charge in [-0.25, -0.2) is 15.0 Å². The first-order valence-corrected chi connectivity index (χ1v) is 45.0. The Morgan fingerprint density at radius 1 is 0.291 bits per heavy atom. The van der Waals surface area contributed by atoms with Crippen LogP contribution in [-0.4, -0.2) is 57.9 Å². The number of nitrogens with zero attached hydrogens (tertiary/aromatic N) is 3. The molecule has 2 fully saturated rings. The summed E-state index contributed by atoms with van der Waals surface area (Å²) >= 11 is 3.83. The van der Waals surface area contributed by atoms with Crippen LogP contribution in [0.25, 0.3) is 112 Å². The molecule has 2 aliphatic heterocycles. The number of aromatic nitrogens is 3. The molecule has 0 bridgehead atoms. The molecule has 24 rings (SSSR count). The first kappa shape index (κ1) is 84.8. The Kier molecular flexibility index (Phi) is 22.2. The van der Waals surface area contributed by atoms with E-state index >= 15 is 0 Å². The van der Waals surface area contributed by atoms with Crippen molar-refractivity contribution in [1.29, 1.82) is 0 Å². The van der Waals surface area contributed by atoms with Gasteiger partial charge in [0.05, 0.1) is 38.6 Å². The Bertz CT molecular complexity index is 6740. The Balaban J connectivity index is 0.000000117. The van der Waals surface area contributed by atoms with Crippen LogP contribution < -0.4 is 24.3 Å². The van der Waals surface area contributed by atoms with Gasteiger partial charge in [-0.2, -0.15) is 6.42 Å². The molecular weight excluding hydrogens is 1610 g/mol. The van der Waals surface area contributed by atoms with Crippen molar-refractivity contribution in [2.24, 2.45) is 0 Å². The third kappa shape index (κ3) is 13.5. The second-order valence-corrected chi connectivity index (χ2v) is 37.0. The minimum atomic E-state index is -0.523. The Labute approximate surface area is 769 Å². The van der Waals surface area contributed by atoms with E-state index in [4.69, 9.17) is 38.2 Å². The van der Waals surface area contributed by atoms with E-state index in [9.17, 15) is 0 Å². The van der Waals surface area contributed by atoms with Crippen molar-refractivity contribution in [2.75, 3.05) is 0 Å². The monoisotopic (exact) mass is 1710 g/mol. The molecule has 0 atom stereocenters. The van der Waals surface area contributed by atoms with Gasteiger partial charge in [-0.15, -0.1) is 0 Å². The van der Waals surface area contributed by atoms with Gasteiger partial charge in [-0.3, -0.25) is 0 Å². The van der Waals surface area contributed by atoms with E-state index < -0.39 is 19.9 Å². The van der Waals surface area contributed by atoms with Crippen molar-refractivity contribution < 1.29 is 42.1 Å². The second-order valence-electron chi connectivity index (χ2n) is 36.1. The molecule has 0 unspecified atom stereocenters. The van der Waals surface area contributed by atoms with Crippen LogP contribution in [0.15, 0.2) is 362 Å².